The van der Waals surface area contributed by atoms with Crippen LogP contribution >= 0.6 is 15.9 Å². The quantitative estimate of drug-likeness (QED) is 0.789. The minimum Gasteiger partial charge on any atom is -0.478 e. The van der Waals surface area contributed by atoms with Crippen molar-refractivity contribution in [2.75, 3.05) is 6.61 Å². The Bertz CT molecular complexity index is 772. The number of ether oxygens (including phenoxy) is 1. The van der Waals surface area contributed by atoms with Crippen LogP contribution in [-0.4, -0.2) is 21.6 Å². The number of imidazole rings is 1. The topological polar surface area (TPSA) is 50.8 Å². The number of halogens is 2. The highest BCUT2D eigenvalue weighted by atomic mass is 79.9. The highest BCUT2D eigenvalue weighted by molar-refractivity contribution is 9.10. The van der Waals surface area contributed by atoms with E-state index < -0.39 is 0 Å². The standard InChI is InChI=1S/C14H11BrFN3O/c1-2-20-12-6-5-11-14(18-12)19-13(17-11)8-3-4-9(15)10(16)7-8/h3-7H,2H2,1H3,(H,17,18,19). The zero-order chi connectivity index (χ0) is 14.1. The first kappa shape index (κ1) is 13.1. The molecule has 102 valence electrons. The average Bonchev–Trinajstić information content (AvgIpc) is 2.85. The van der Waals surface area contributed by atoms with Crippen LogP contribution in [0.5, 0.6) is 5.88 Å². The number of benzene rings is 1. The summed E-state index contributed by atoms with van der Waals surface area (Å²) < 4.78 is 19.3. The third-order valence-corrected chi connectivity index (χ3v) is 3.45. The van der Waals surface area contributed by atoms with Crippen LogP contribution in [0.2, 0.25) is 0 Å². The maximum absolute atomic E-state index is 13.6. The molecular weight excluding hydrogens is 325 g/mol. The van der Waals surface area contributed by atoms with Gasteiger partial charge in [-0.2, -0.15) is 4.98 Å². The number of fused-ring (bicyclic) bond motifs is 1. The summed E-state index contributed by atoms with van der Waals surface area (Å²) in [4.78, 5) is 11.8. The van der Waals surface area contributed by atoms with Crippen molar-refractivity contribution in [2.45, 2.75) is 6.92 Å². The smallest absolute Gasteiger partial charge is 0.215 e. The van der Waals surface area contributed by atoms with Gasteiger partial charge in [-0.1, -0.05) is 0 Å². The van der Waals surface area contributed by atoms with E-state index in [1.807, 2.05) is 13.0 Å². The lowest BCUT2D eigenvalue weighted by Gasteiger charge is -1.99. The van der Waals surface area contributed by atoms with Gasteiger partial charge in [0.1, 0.15) is 11.6 Å². The van der Waals surface area contributed by atoms with Crippen LogP contribution in [0, 0.1) is 5.82 Å². The van der Waals surface area contributed by atoms with E-state index in [0.717, 1.165) is 5.52 Å². The van der Waals surface area contributed by atoms with E-state index in [-0.39, 0.29) is 5.82 Å². The second kappa shape index (κ2) is 5.20. The lowest BCUT2D eigenvalue weighted by atomic mass is 10.2. The van der Waals surface area contributed by atoms with Crippen LogP contribution in [0.25, 0.3) is 22.6 Å². The molecule has 0 atom stereocenters. The maximum atomic E-state index is 13.6. The Kier molecular flexibility index (Phi) is 3.40. The van der Waals surface area contributed by atoms with E-state index in [1.165, 1.54) is 6.07 Å². The summed E-state index contributed by atoms with van der Waals surface area (Å²) in [7, 11) is 0. The first-order valence-corrected chi connectivity index (χ1v) is 6.91. The van der Waals surface area contributed by atoms with E-state index in [4.69, 9.17) is 4.74 Å². The summed E-state index contributed by atoms with van der Waals surface area (Å²) in [5.41, 5.74) is 2.00. The Morgan fingerprint density at radius 1 is 1.25 bits per heavy atom. The van der Waals surface area contributed by atoms with Crippen molar-refractivity contribution < 1.29 is 9.13 Å². The van der Waals surface area contributed by atoms with Crippen molar-refractivity contribution in [1.29, 1.82) is 0 Å². The molecule has 0 aliphatic carbocycles. The maximum Gasteiger partial charge on any atom is 0.215 e. The molecule has 0 unspecified atom stereocenters. The first-order valence-electron chi connectivity index (χ1n) is 6.12. The molecule has 0 saturated heterocycles. The summed E-state index contributed by atoms with van der Waals surface area (Å²) in [5.74, 6) is 0.776. The zero-order valence-electron chi connectivity index (χ0n) is 10.7. The molecule has 0 amide bonds. The molecule has 0 fully saturated rings. The third kappa shape index (κ3) is 2.38. The lowest BCUT2D eigenvalue weighted by molar-refractivity contribution is 0.328. The van der Waals surface area contributed by atoms with E-state index >= 15 is 0 Å². The molecule has 0 aliphatic heterocycles. The summed E-state index contributed by atoms with van der Waals surface area (Å²) in [6.45, 7) is 2.44. The molecule has 3 aromatic rings. The molecule has 2 aromatic heterocycles. The summed E-state index contributed by atoms with van der Waals surface area (Å²) in [5, 5.41) is 0. The summed E-state index contributed by atoms with van der Waals surface area (Å²) in [6.07, 6.45) is 0. The first-order chi connectivity index (χ1) is 9.67. The summed E-state index contributed by atoms with van der Waals surface area (Å²) in [6, 6.07) is 8.48. The monoisotopic (exact) mass is 335 g/mol. The Labute approximate surface area is 123 Å². The van der Waals surface area contributed by atoms with Crippen molar-refractivity contribution in [3.05, 3.63) is 40.6 Å². The number of H-pyrrole nitrogens is 1. The Morgan fingerprint density at radius 2 is 2.10 bits per heavy atom. The number of nitrogens with one attached hydrogen (secondary N) is 1. The molecule has 0 saturated carbocycles. The number of rotatable bonds is 3. The molecule has 0 bridgehead atoms. The van der Waals surface area contributed by atoms with Crippen molar-refractivity contribution in [1.82, 2.24) is 15.0 Å². The van der Waals surface area contributed by atoms with Crippen LogP contribution in [0.4, 0.5) is 4.39 Å². The Balaban J connectivity index is 2.05. The van der Waals surface area contributed by atoms with Crippen LogP contribution in [0.15, 0.2) is 34.8 Å². The molecule has 0 radical (unpaired) electrons. The van der Waals surface area contributed by atoms with Crippen molar-refractivity contribution in [3.63, 3.8) is 0 Å². The SMILES string of the molecule is CCOc1ccc2[nH]c(-c3ccc(Br)c(F)c3)nc2n1. The van der Waals surface area contributed by atoms with Crippen molar-refractivity contribution >= 4 is 27.1 Å². The minimum atomic E-state index is -0.328. The molecular formula is C14H11BrFN3O. The van der Waals surface area contributed by atoms with E-state index in [0.29, 0.717) is 34.0 Å². The molecule has 1 N–H and O–H groups in total. The van der Waals surface area contributed by atoms with Gasteiger partial charge < -0.3 is 9.72 Å². The summed E-state index contributed by atoms with van der Waals surface area (Å²) >= 11 is 3.13. The molecule has 0 aliphatic rings. The van der Waals surface area contributed by atoms with E-state index in [2.05, 4.69) is 30.9 Å². The highest BCUT2D eigenvalue weighted by Gasteiger charge is 2.09. The molecule has 6 heteroatoms. The fourth-order valence-corrected chi connectivity index (χ4v) is 2.13. The van der Waals surface area contributed by atoms with Gasteiger partial charge in [-0.3, -0.25) is 0 Å². The zero-order valence-corrected chi connectivity index (χ0v) is 12.2. The molecule has 3 rings (SSSR count). The number of hydrogen-bond acceptors (Lipinski definition) is 3. The molecule has 1 aromatic carbocycles. The van der Waals surface area contributed by atoms with Crippen molar-refractivity contribution in [2.24, 2.45) is 0 Å². The van der Waals surface area contributed by atoms with Crippen LogP contribution < -0.4 is 4.74 Å². The van der Waals surface area contributed by atoms with Crippen LogP contribution in [-0.2, 0) is 0 Å². The Hall–Kier alpha value is -1.95. The Morgan fingerprint density at radius 3 is 2.85 bits per heavy atom. The molecule has 20 heavy (non-hydrogen) atoms. The van der Waals surface area contributed by atoms with Gasteiger partial charge in [0.25, 0.3) is 0 Å². The number of hydrogen-bond donors (Lipinski definition) is 1. The molecule has 2 heterocycles. The number of pyridine rings is 1. The van der Waals surface area contributed by atoms with Gasteiger partial charge in [0, 0.05) is 11.6 Å². The van der Waals surface area contributed by atoms with Gasteiger partial charge in [0.05, 0.1) is 16.6 Å². The van der Waals surface area contributed by atoms with Crippen LogP contribution in [0.1, 0.15) is 6.92 Å². The number of aromatic nitrogens is 3. The average molecular weight is 336 g/mol. The van der Waals surface area contributed by atoms with Gasteiger partial charge in [-0.05, 0) is 47.1 Å². The van der Waals surface area contributed by atoms with E-state index in [9.17, 15) is 4.39 Å². The van der Waals surface area contributed by atoms with Gasteiger partial charge in [0.2, 0.25) is 5.88 Å². The minimum absolute atomic E-state index is 0.328. The fourth-order valence-electron chi connectivity index (χ4n) is 1.88. The highest BCUT2D eigenvalue weighted by Crippen LogP contribution is 2.24. The van der Waals surface area contributed by atoms with Gasteiger partial charge in [-0.25, -0.2) is 9.37 Å². The largest absolute Gasteiger partial charge is 0.478 e. The number of aromatic amines is 1. The van der Waals surface area contributed by atoms with Crippen molar-refractivity contribution in [3.8, 4) is 17.3 Å². The van der Waals surface area contributed by atoms with E-state index in [1.54, 1.807) is 18.2 Å². The molecule has 4 nitrogen and oxygen atoms in total. The lowest BCUT2D eigenvalue weighted by Crippen LogP contribution is -1.93. The second-order valence-electron chi connectivity index (χ2n) is 4.17. The predicted molar refractivity (Wildman–Crippen MR) is 78.2 cm³/mol. The normalized spacial score (nSPS) is 10.9. The number of nitrogens with zero attached hydrogens (tertiary/aromatic N) is 2. The predicted octanol–water partition coefficient (Wildman–Crippen LogP) is 3.93. The fraction of sp³-hybridized carbons (Fsp3) is 0.143. The van der Waals surface area contributed by atoms with Crippen LogP contribution in [0.3, 0.4) is 0 Å². The molecule has 0 spiro atoms. The third-order valence-electron chi connectivity index (χ3n) is 2.81. The second-order valence-corrected chi connectivity index (χ2v) is 5.02. The van der Waals surface area contributed by atoms with Gasteiger partial charge in [0.15, 0.2) is 5.65 Å². The van der Waals surface area contributed by atoms with Gasteiger partial charge >= 0.3 is 0 Å². The van der Waals surface area contributed by atoms with Gasteiger partial charge in [-0.15, -0.1) is 0 Å².